The summed E-state index contributed by atoms with van der Waals surface area (Å²) >= 11 is 1.37. The van der Waals surface area contributed by atoms with Crippen LogP contribution in [-0.2, 0) is 11.2 Å². The Morgan fingerprint density at radius 1 is 1.65 bits per heavy atom. The standard InChI is InChI=1S/C13H16N2OS/c1-10(16)17-7-3-2-4-11-8-12-5-6-14-13(12)15-9-11/h2,4,8-9H,3,5-7H2,1H3,(H,14,15). The van der Waals surface area contributed by atoms with E-state index in [1.165, 1.54) is 17.3 Å². The number of rotatable bonds is 4. The molecule has 1 aromatic rings. The van der Waals surface area contributed by atoms with Crippen molar-refractivity contribution in [2.75, 3.05) is 17.6 Å². The average Bonchev–Trinajstić information content (AvgIpc) is 2.75. The highest BCUT2D eigenvalue weighted by Crippen LogP contribution is 2.20. The molecule has 0 radical (unpaired) electrons. The van der Waals surface area contributed by atoms with Gasteiger partial charge in [0.1, 0.15) is 5.82 Å². The summed E-state index contributed by atoms with van der Waals surface area (Å²) in [5.41, 5.74) is 2.44. The van der Waals surface area contributed by atoms with Crippen LogP contribution in [0, 0.1) is 0 Å². The number of allylic oxidation sites excluding steroid dienone is 1. The maximum atomic E-state index is 10.7. The van der Waals surface area contributed by atoms with E-state index in [-0.39, 0.29) is 5.12 Å². The Morgan fingerprint density at radius 2 is 2.53 bits per heavy atom. The van der Waals surface area contributed by atoms with Crippen LogP contribution in [0.4, 0.5) is 5.82 Å². The lowest BCUT2D eigenvalue weighted by atomic mass is 10.1. The first kappa shape index (κ1) is 12.2. The molecular weight excluding hydrogens is 232 g/mol. The lowest BCUT2D eigenvalue weighted by Crippen LogP contribution is -1.92. The summed E-state index contributed by atoms with van der Waals surface area (Å²) in [4.78, 5) is 15.1. The third-order valence-corrected chi connectivity index (χ3v) is 3.42. The van der Waals surface area contributed by atoms with Crippen LogP contribution in [0.3, 0.4) is 0 Å². The Balaban J connectivity index is 1.86. The summed E-state index contributed by atoms with van der Waals surface area (Å²) in [6.07, 6.45) is 8.03. The zero-order chi connectivity index (χ0) is 12.1. The molecule has 0 aromatic carbocycles. The molecule has 2 heterocycles. The van der Waals surface area contributed by atoms with Crippen molar-refractivity contribution in [1.82, 2.24) is 4.98 Å². The van der Waals surface area contributed by atoms with Crippen LogP contribution in [-0.4, -0.2) is 22.4 Å². The molecule has 0 unspecified atom stereocenters. The maximum Gasteiger partial charge on any atom is 0.185 e. The highest BCUT2D eigenvalue weighted by Gasteiger charge is 2.10. The smallest absolute Gasteiger partial charge is 0.185 e. The molecule has 90 valence electrons. The normalized spacial score (nSPS) is 13.7. The molecule has 0 amide bonds. The first-order valence-electron chi connectivity index (χ1n) is 5.78. The minimum Gasteiger partial charge on any atom is -0.370 e. The molecule has 2 rings (SSSR count). The molecule has 17 heavy (non-hydrogen) atoms. The van der Waals surface area contributed by atoms with E-state index in [9.17, 15) is 4.79 Å². The van der Waals surface area contributed by atoms with Gasteiger partial charge >= 0.3 is 0 Å². The van der Waals surface area contributed by atoms with Crippen molar-refractivity contribution in [3.8, 4) is 0 Å². The highest BCUT2D eigenvalue weighted by molar-refractivity contribution is 8.13. The summed E-state index contributed by atoms with van der Waals surface area (Å²) in [6.45, 7) is 2.59. The zero-order valence-corrected chi connectivity index (χ0v) is 10.7. The summed E-state index contributed by atoms with van der Waals surface area (Å²) in [5, 5.41) is 3.42. The van der Waals surface area contributed by atoms with Gasteiger partial charge in [-0.05, 0) is 30.0 Å². The van der Waals surface area contributed by atoms with Gasteiger partial charge in [-0.15, -0.1) is 0 Å². The van der Waals surface area contributed by atoms with E-state index in [0.717, 1.165) is 36.5 Å². The van der Waals surface area contributed by atoms with Gasteiger partial charge in [-0.1, -0.05) is 23.9 Å². The predicted octanol–water partition coefficient (Wildman–Crippen LogP) is 2.73. The molecule has 3 nitrogen and oxygen atoms in total. The van der Waals surface area contributed by atoms with Crippen molar-refractivity contribution in [2.45, 2.75) is 19.8 Å². The monoisotopic (exact) mass is 248 g/mol. The van der Waals surface area contributed by atoms with Crippen LogP contribution in [0.1, 0.15) is 24.5 Å². The Morgan fingerprint density at radius 3 is 3.35 bits per heavy atom. The van der Waals surface area contributed by atoms with Crippen LogP contribution in [0.5, 0.6) is 0 Å². The number of aromatic nitrogens is 1. The number of carbonyl (C=O) groups excluding carboxylic acids is 1. The van der Waals surface area contributed by atoms with Crippen molar-refractivity contribution in [1.29, 1.82) is 0 Å². The van der Waals surface area contributed by atoms with Gasteiger partial charge in [0.2, 0.25) is 0 Å². The van der Waals surface area contributed by atoms with Crippen molar-refractivity contribution in [3.63, 3.8) is 0 Å². The summed E-state index contributed by atoms with van der Waals surface area (Å²) < 4.78 is 0. The van der Waals surface area contributed by atoms with E-state index >= 15 is 0 Å². The molecule has 0 saturated carbocycles. The zero-order valence-electron chi connectivity index (χ0n) is 9.90. The number of pyridine rings is 1. The van der Waals surface area contributed by atoms with Crippen LogP contribution >= 0.6 is 11.8 Å². The second-order valence-corrected chi connectivity index (χ2v) is 5.26. The molecule has 1 N–H and O–H groups in total. The van der Waals surface area contributed by atoms with E-state index in [1.807, 2.05) is 6.20 Å². The summed E-state index contributed by atoms with van der Waals surface area (Å²) in [5.74, 6) is 1.88. The number of thioether (sulfide) groups is 1. The van der Waals surface area contributed by atoms with Crippen molar-refractivity contribution in [3.05, 3.63) is 29.5 Å². The van der Waals surface area contributed by atoms with E-state index in [1.54, 1.807) is 6.92 Å². The van der Waals surface area contributed by atoms with Crippen LogP contribution in [0.25, 0.3) is 6.08 Å². The highest BCUT2D eigenvalue weighted by atomic mass is 32.2. The lowest BCUT2D eigenvalue weighted by Gasteiger charge is -1.99. The van der Waals surface area contributed by atoms with Gasteiger partial charge in [-0.25, -0.2) is 4.98 Å². The van der Waals surface area contributed by atoms with Crippen LogP contribution in [0.2, 0.25) is 0 Å². The Kier molecular flexibility index (Phi) is 4.20. The number of carbonyl (C=O) groups is 1. The molecule has 0 aliphatic carbocycles. The Hall–Kier alpha value is -1.29. The molecule has 4 heteroatoms. The molecule has 1 aromatic heterocycles. The first-order valence-corrected chi connectivity index (χ1v) is 6.77. The number of fused-ring (bicyclic) bond motifs is 1. The molecule has 0 bridgehead atoms. The number of nitrogens with zero attached hydrogens (tertiary/aromatic N) is 1. The van der Waals surface area contributed by atoms with Crippen LogP contribution < -0.4 is 5.32 Å². The van der Waals surface area contributed by atoms with E-state index in [4.69, 9.17) is 0 Å². The van der Waals surface area contributed by atoms with Gasteiger partial charge in [-0.3, -0.25) is 4.79 Å². The fraction of sp³-hybridized carbons (Fsp3) is 0.385. The number of hydrogen-bond donors (Lipinski definition) is 1. The second kappa shape index (κ2) is 5.87. The third kappa shape index (κ3) is 3.60. The molecule has 0 saturated heterocycles. The van der Waals surface area contributed by atoms with Gasteiger partial charge in [0.15, 0.2) is 5.12 Å². The summed E-state index contributed by atoms with van der Waals surface area (Å²) in [6, 6.07) is 2.18. The fourth-order valence-electron chi connectivity index (χ4n) is 1.78. The van der Waals surface area contributed by atoms with Crippen molar-refractivity contribution < 1.29 is 4.79 Å². The number of nitrogens with one attached hydrogen (secondary N) is 1. The van der Waals surface area contributed by atoms with Crippen LogP contribution in [0.15, 0.2) is 18.3 Å². The lowest BCUT2D eigenvalue weighted by molar-refractivity contribution is -0.109. The molecular formula is C13H16N2OS. The van der Waals surface area contributed by atoms with Crippen molar-refractivity contribution >= 4 is 28.8 Å². The first-order chi connectivity index (χ1) is 8.25. The molecule has 1 aliphatic heterocycles. The minimum atomic E-state index is 0.184. The van der Waals surface area contributed by atoms with Gasteiger partial charge in [0, 0.05) is 25.4 Å². The van der Waals surface area contributed by atoms with E-state index < -0.39 is 0 Å². The third-order valence-electron chi connectivity index (χ3n) is 2.57. The molecule has 0 fully saturated rings. The number of anilines is 1. The minimum absolute atomic E-state index is 0.184. The van der Waals surface area contributed by atoms with E-state index in [0.29, 0.717) is 0 Å². The van der Waals surface area contributed by atoms with Gasteiger partial charge in [0.25, 0.3) is 0 Å². The Bertz CT molecular complexity index is 443. The van der Waals surface area contributed by atoms with Gasteiger partial charge < -0.3 is 5.32 Å². The summed E-state index contributed by atoms with van der Waals surface area (Å²) in [7, 11) is 0. The molecule has 0 atom stereocenters. The maximum absolute atomic E-state index is 10.7. The Labute approximate surface area is 106 Å². The second-order valence-electron chi connectivity index (χ2n) is 3.98. The van der Waals surface area contributed by atoms with Crippen molar-refractivity contribution in [2.24, 2.45) is 0 Å². The average molecular weight is 248 g/mol. The number of hydrogen-bond acceptors (Lipinski definition) is 4. The van der Waals surface area contributed by atoms with Gasteiger partial charge in [0.05, 0.1) is 0 Å². The SMILES string of the molecule is CC(=O)SCCC=Cc1cnc2c(c1)CCN2. The van der Waals surface area contributed by atoms with E-state index in [2.05, 4.69) is 28.5 Å². The fourth-order valence-corrected chi connectivity index (χ4v) is 2.32. The topological polar surface area (TPSA) is 42.0 Å². The largest absolute Gasteiger partial charge is 0.370 e. The molecule has 1 aliphatic rings. The quantitative estimate of drug-likeness (QED) is 0.832. The van der Waals surface area contributed by atoms with Gasteiger partial charge in [-0.2, -0.15) is 0 Å². The predicted molar refractivity (Wildman–Crippen MR) is 73.2 cm³/mol. The molecule has 0 spiro atoms.